The van der Waals surface area contributed by atoms with Crippen molar-refractivity contribution in [3.63, 3.8) is 0 Å². The average molecular weight is 403 g/mol. The number of para-hydroxylation sites is 2. The number of fused-ring (bicyclic) bond motifs is 1. The lowest BCUT2D eigenvalue weighted by Gasteiger charge is -2.31. The number of nitrogens with one attached hydrogen (secondary N) is 2. The SMILES string of the molecule is O=C(CN1CCCC(c2nc3ccccc3[nH]2)C1)Nc1ccc(Cl)c(Cl)c1. The average Bonchev–Trinajstić information content (AvgIpc) is 3.09. The van der Waals surface area contributed by atoms with Gasteiger partial charge in [-0.05, 0) is 49.7 Å². The second-order valence-electron chi connectivity index (χ2n) is 6.89. The zero-order chi connectivity index (χ0) is 18.8. The lowest BCUT2D eigenvalue weighted by Crippen LogP contribution is -2.40. The number of hydrogen-bond acceptors (Lipinski definition) is 3. The Bertz CT molecular complexity index is 939. The molecule has 2 heterocycles. The van der Waals surface area contributed by atoms with Crippen LogP contribution in [-0.2, 0) is 4.79 Å². The molecule has 0 aliphatic carbocycles. The molecule has 5 nitrogen and oxygen atoms in total. The molecule has 4 rings (SSSR count). The van der Waals surface area contributed by atoms with Crippen LogP contribution in [0.4, 0.5) is 5.69 Å². The number of imidazole rings is 1. The van der Waals surface area contributed by atoms with E-state index in [9.17, 15) is 4.79 Å². The Morgan fingerprint density at radius 1 is 1.22 bits per heavy atom. The molecule has 0 saturated carbocycles. The number of benzene rings is 2. The maximum atomic E-state index is 12.4. The fourth-order valence-electron chi connectivity index (χ4n) is 3.57. The van der Waals surface area contributed by atoms with Gasteiger partial charge in [0.2, 0.25) is 5.91 Å². The number of nitrogens with zero attached hydrogens (tertiary/aromatic N) is 2. The molecular formula is C20H20Cl2N4O. The molecule has 140 valence electrons. The highest BCUT2D eigenvalue weighted by molar-refractivity contribution is 6.42. The molecule has 27 heavy (non-hydrogen) atoms. The molecule has 1 aliphatic rings. The zero-order valence-corrected chi connectivity index (χ0v) is 16.2. The zero-order valence-electron chi connectivity index (χ0n) is 14.7. The molecular weight excluding hydrogens is 383 g/mol. The van der Waals surface area contributed by atoms with E-state index in [2.05, 4.69) is 15.2 Å². The van der Waals surface area contributed by atoms with Crippen LogP contribution >= 0.6 is 23.2 Å². The molecule has 0 bridgehead atoms. The second kappa shape index (κ2) is 7.89. The number of aromatic amines is 1. The number of H-pyrrole nitrogens is 1. The first-order valence-electron chi connectivity index (χ1n) is 9.00. The fourth-order valence-corrected chi connectivity index (χ4v) is 3.86. The first-order chi connectivity index (χ1) is 13.1. The largest absolute Gasteiger partial charge is 0.342 e. The third kappa shape index (κ3) is 4.26. The molecule has 3 aromatic rings. The number of piperidine rings is 1. The van der Waals surface area contributed by atoms with Crippen molar-refractivity contribution in [2.75, 3.05) is 25.0 Å². The normalized spacial score (nSPS) is 17.9. The molecule has 1 saturated heterocycles. The summed E-state index contributed by atoms with van der Waals surface area (Å²) in [6, 6.07) is 13.1. The van der Waals surface area contributed by atoms with Crippen LogP contribution in [0.3, 0.4) is 0 Å². The van der Waals surface area contributed by atoms with Crippen molar-refractivity contribution < 1.29 is 4.79 Å². The van der Waals surface area contributed by atoms with Gasteiger partial charge in [0.15, 0.2) is 0 Å². The number of amides is 1. The van der Waals surface area contributed by atoms with Gasteiger partial charge in [-0.2, -0.15) is 0 Å². The number of likely N-dealkylation sites (tertiary alicyclic amines) is 1. The quantitative estimate of drug-likeness (QED) is 0.665. The van der Waals surface area contributed by atoms with Crippen LogP contribution in [0.1, 0.15) is 24.6 Å². The van der Waals surface area contributed by atoms with E-state index in [0.717, 1.165) is 42.8 Å². The molecule has 1 fully saturated rings. The van der Waals surface area contributed by atoms with Crippen LogP contribution < -0.4 is 5.32 Å². The topological polar surface area (TPSA) is 61.0 Å². The maximum Gasteiger partial charge on any atom is 0.238 e. The monoisotopic (exact) mass is 402 g/mol. The van der Waals surface area contributed by atoms with Crippen LogP contribution in [0.2, 0.25) is 10.0 Å². The van der Waals surface area contributed by atoms with Gasteiger partial charge in [0.25, 0.3) is 0 Å². The first kappa shape index (κ1) is 18.3. The Morgan fingerprint density at radius 3 is 2.89 bits per heavy atom. The van der Waals surface area contributed by atoms with Gasteiger partial charge in [-0.1, -0.05) is 35.3 Å². The number of aromatic nitrogens is 2. The highest BCUT2D eigenvalue weighted by Crippen LogP contribution is 2.27. The molecule has 0 radical (unpaired) electrons. The Kier molecular flexibility index (Phi) is 5.34. The summed E-state index contributed by atoms with van der Waals surface area (Å²) in [4.78, 5) is 22.7. The molecule has 1 unspecified atom stereocenters. The Morgan fingerprint density at radius 2 is 2.07 bits per heavy atom. The summed E-state index contributed by atoms with van der Waals surface area (Å²) >= 11 is 11.9. The highest BCUT2D eigenvalue weighted by atomic mass is 35.5. The Labute approximate surface area is 167 Å². The van der Waals surface area contributed by atoms with Gasteiger partial charge in [0, 0.05) is 18.2 Å². The van der Waals surface area contributed by atoms with Crippen molar-refractivity contribution >= 4 is 45.8 Å². The minimum atomic E-state index is -0.0568. The molecule has 1 aromatic heterocycles. The molecule has 2 N–H and O–H groups in total. The van der Waals surface area contributed by atoms with E-state index >= 15 is 0 Å². The van der Waals surface area contributed by atoms with Gasteiger partial charge < -0.3 is 10.3 Å². The first-order valence-corrected chi connectivity index (χ1v) is 9.76. The van der Waals surface area contributed by atoms with E-state index in [1.807, 2.05) is 24.3 Å². The van der Waals surface area contributed by atoms with Crippen molar-refractivity contribution in [1.29, 1.82) is 0 Å². The van der Waals surface area contributed by atoms with Gasteiger partial charge in [0.1, 0.15) is 5.82 Å². The lowest BCUT2D eigenvalue weighted by atomic mass is 9.97. The summed E-state index contributed by atoms with van der Waals surface area (Å²) in [5, 5.41) is 3.79. The van der Waals surface area contributed by atoms with Crippen molar-refractivity contribution in [2.45, 2.75) is 18.8 Å². The number of rotatable bonds is 4. The van der Waals surface area contributed by atoms with Crippen LogP contribution in [0.15, 0.2) is 42.5 Å². The predicted octanol–water partition coefficient (Wildman–Crippen LogP) is 4.69. The van der Waals surface area contributed by atoms with E-state index in [-0.39, 0.29) is 5.91 Å². The van der Waals surface area contributed by atoms with E-state index in [1.165, 1.54) is 0 Å². The number of carbonyl (C=O) groups excluding carboxylic acids is 1. The Balaban J connectivity index is 1.39. The Hall–Kier alpha value is -2.08. The number of hydrogen-bond donors (Lipinski definition) is 2. The number of halogens is 2. The minimum absolute atomic E-state index is 0.0568. The van der Waals surface area contributed by atoms with Crippen LogP contribution in [-0.4, -0.2) is 40.4 Å². The predicted molar refractivity (Wildman–Crippen MR) is 110 cm³/mol. The van der Waals surface area contributed by atoms with Crippen molar-refractivity contribution in [2.24, 2.45) is 0 Å². The third-order valence-electron chi connectivity index (χ3n) is 4.87. The second-order valence-corrected chi connectivity index (χ2v) is 7.70. The van der Waals surface area contributed by atoms with E-state index in [0.29, 0.717) is 28.2 Å². The summed E-state index contributed by atoms with van der Waals surface area (Å²) in [6.45, 7) is 2.07. The maximum absolute atomic E-state index is 12.4. The molecule has 1 atom stereocenters. The standard InChI is InChI=1S/C20H20Cl2N4O/c21-15-8-7-14(10-16(15)22)23-19(27)12-26-9-3-4-13(11-26)20-24-17-5-1-2-6-18(17)25-20/h1-2,5-8,10,13H,3-4,9,11-12H2,(H,23,27)(H,24,25). The van der Waals surface area contributed by atoms with E-state index in [4.69, 9.17) is 28.2 Å². The number of anilines is 1. The van der Waals surface area contributed by atoms with E-state index in [1.54, 1.807) is 18.2 Å². The van der Waals surface area contributed by atoms with Crippen molar-refractivity contribution in [3.05, 3.63) is 58.3 Å². The summed E-state index contributed by atoms with van der Waals surface area (Å²) in [5.74, 6) is 1.26. The fraction of sp³-hybridized carbons (Fsp3) is 0.300. The summed E-state index contributed by atoms with van der Waals surface area (Å²) < 4.78 is 0. The van der Waals surface area contributed by atoms with Gasteiger partial charge in [-0.15, -0.1) is 0 Å². The lowest BCUT2D eigenvalue weighted by molar-refractivity contribution is -0.117. The third-order valence-corrected chi connectivity index (χ3v) is 5.61. The van der Waals surface area contributed by atoms with Gasteiger partial charge in [-0.3, -0.25) is 9.69 Å². The molecule has 0 spiro atoms. The molecule has 1 amide bonds. The minimum Gasteiger partial charge on any atom is -0.342 e. The highest BCUT2D eigenvalue weighted by Gasteiger charge is 2.25. The van der Waals surface area contributed by atoms with Crippen molar-refractivity contribution in [3.8, 4) is 0 Å². The van der Waals surface area contributed by atoms with E-state index < -0.39 is 0 Å². The van der Waals surface area contributed by atoms with Crippen LogP contribution in [0, 0.1) is 0 Å². The van der Waals surface area contributed by atoms with Crippen LogP contribution in [0.5, 0.6) is 0 Å². The van der Waals surface area contributed by atoms with Gasteiger partial charge in [-0.25, -0.2) is 4.98 Å². The smallest absolute Gasteiger partial charge is 0.238 e. The molecule has 1 aliphatic heterocycles. The van der Waals surface area contributed by atoms with Gasteiger partial charge in [0.05, 0.1) is 27.6 Å². The number of carbonyl (C=O) groups is 1. The summed E-state index contributed by atoms with van der Waals surface area (Å²) in [5.41, 5.74) is 2.70. The summed E-state index contributed by atoms with van der Waals surface area (Å²) in [7, 11) is 0. The van der Waals surface area contributed by atoms with Crippen molar-refractivity contribution in [1.82, 2.24) is 14.9 Å². The summed E-state index contributed by atoms with van der Waals surface area (Å²) in [6.07, 6.45) is 2.12. The van der Waals surface area contributed by atoms with Crippen LogP contribution in [0.25, 0.3) is 11.0 Å². The van der Waals surface area contributed by atoms with Gasteiger partial charge >= 0.3 is 0 Å². The molecule has 7 heteroatoms. The molecule has 2 aromatic carbocycles.